The highest BCUT2D eigenvalue weighted by Crippen LogP contribution is 2.36. The predicted octanol–water partition coefficient (Wildman–Crippen LogP) is 4.00. The highest BCUT2D eigenvalue weighted by atomic mass is 32.1. The van der Waals surface area contributed by atoms with Gasteiger partial charge in [-0.1, -0.05) is 18.2 Å². The topological polar surface area (TPSA) is 72.2 Å². The van der Waals surface area contributed by atoms with E-state index in [-0.39, 0.29) is 5.56 Å². The second kappa shape index (κ2) is 6.11. The number of rotatable bonds is 3. The van der Waals surface area contributed by atoms with Crippen molar-refractivity contribution >= 4 is 27.5 Å². The Balaban J connectivity index is 2.39. The molecule has 1 N–H and O–H groups in total. The van der Waals surface area contributed by atoms with Crippen LogP contribution in [0.3, 0.4) is 0 Å². The summed E-state index contributed by atoms with van der Waals surface area (Å²) in [6.07, 6.45) is 0. The summed E-state index contributed by atoms with van der Waals surface area (Å²) in [4.78, 5) is 30.7. The Hall–Kier alpha value is -2.47. The van der Waals surface area contributed by atoms with Crippen molar-refractivity contribution in [2.45, 2.75) is 40.7 Å². The molecular weight excluding hydrogens is 336 g/mol. The molecular formula is C19H20N2O3S. The molecule has 0 bridgehead atoms. The number of thiophene rings is 1. The Morgan fingerprint density at radius 1 is 1.20 bits per heavy atom. The maximum atomic E-state index is 13.1. The van der Waals surface area contributed by atoms with Gasteiger partial charge in [0.1, 0.15) is 16.7 Å². The minimum absolute atomic E-state index is 0.296. The Kier molecular flexibility index (Phi) is 4.24. The Labute approximate surface area is 149 Å². The van der Waals surface area contributed by atoms with Gasteiger partial charge in [0, 0.05) is 10.4 Å². The molecule has 3 aromatic rings. The van der Waals surface area contributed by atoms with Crippen molar-refractivity contribution in [1.29, 1.82) is 0 Å². The fourth-order valence-corrected chi connectivity index (χ4v) is 4.17. The van der Waals surface area contributed by atoms with Crippen molar-refractivity contribution in [2.75, 3.05) is 0 Å². The monoisotopic (exact) mass is 356 g/mol. The molecule has 2 heterocycles. The van der Waals surface area contributed by atoms with Crippen LogP contribution in [0.25, 0.3) is 21.3 Å². The molecule has 2 aromatic heterocycles. The molecule has 130 valence electrons. The highest BCUT2D eigenvalue weighted by molar-refractivity contribution is 7.19. The van der Waals surface area contributed by atoms with E-state index >= 15 is 0 Å². The maximum absolute atomic E-state index is 13.1. The summed E-state index contributed by atoms with van der Waals surface area (Å²) in [5.41, 5.74) is 3.86. The van der Waals surface area contributed by atoms with Gasteiger partial charge in [0.2, 0.25) is 0 Å². The van der Waals surface area contributed by atoms with Crippen LogP contribution in [0.15, 0.2) is 23.0 Å². The van der Waals surface area contributed by atoms with Crippen LogP contribution in [0, 0.1) is 27.7 Å². The zero-order valence-corrected chi connectivity index (χ0v) is 15.7. The third-order valence-corrected chi connectivity index (χ3v) is 5.65. The van der Waals surface area contributed by atoms with Crippen LogP contribution in [0.4, 0.5) is 0 Å². The van der Waals surface area contributed by atoms with Crippen LogP contribution in [-0.2, 0) is 4.79 Å². The lowest BCUT2D eigenvalue weighted by atomic mass is 9.99. The molecule has 3 rings (SSSR count). The molecule has 0 saturated carbocycles. The summed E-state index contributed by atoms with van der Waals surface area (Å²) in [6, 6.07) is 5.14. The average Bonchev–Trinajstić information content (AvgIpc) is 2.86. The summed E-state index contributed by atoms with van der Waals surface area (Å²) in [5, 5.41) is 9.83. The van der Waals surface area contributed by atoms with Gasteiger partial charge >= 0.3 is 5.97 Å². The average molecular weight is 356 g/mol. The van der Waals surface area contributed by atoms with Gasteiger partial charge in [-0.25, -0.2) is 9.78 Å². The molecule has 5 nitrogen and oxygen atoms in total. The van der Waals surface area contributed by atoms with Crippen LogP contribution in [0.2, 0.25) is 0 Å². The summed E-state index contributed by atoms with van der Waals surface area (Å²) < 4.78 is 1.27. The molecule has 0 aliphatic carbocycles. The standard InChI is InChI=1S/C19H20N2O3S/c1-9-6-7-14(8-10(9)2)15-12(4)25-17-16(15)18(22)21(13(5)20-17)11(3)19(23)24/h6-8,11H,1-5H3,(H,23,24). The molecule has 0 radical (unpaired) electrons. The van der Waals surface area contributed by atoms with E-state index in [0.717, 1.165) is 21.6 Å². The third kappa shape index (κ3) is 2.76. The molecule has 0 aliphatic rings. The van der Waals surface area contributed by atoms with E-state index in [2.05, 4.69) is 11.1 Å². The molecule has 1 unspecified atom stereocenters. The number of carboxylic acid groups (broad SMARTS) is 1. The molecule has 0 spiro atoms. The summed E-state index contributed by atoms with van der Waals surface area (Å²) in [5.74, 6) is -0.633. The molecule has 1 aromatic carbocycles. The smallest absolute Gasteiger partial charge is 0.326 e. The van der Waals surface area contributed by atoms with Crippen LogP contribution in [-0.4, -0.2) is 20.6 Å². The lowest BCUT2D eigenvalue weighted by Gasteiger charge is -2.14. The first kappa shape index (κ1) is 17.4. The van der Waals surface area contributed by atoms with Gasteiger partial charge in [-0.3, -0.25) is 9.36 Å². The molecule has 1 atom stereocenters. The number of aromatic nitrogens is 2. The second-order valence-electron chi connectivity index (χ2n) is 6.36. The highest BCUT2D eigenvalue weighted by Gasteiger charge is 2.23. The normalized spacial score (nSPS) is 12.5. The third-order valence-electron chi connectivity index (χ3n) is 4.65. The van der Waals surface area contributed by atoms with Crippen LogP contribution < -0.4 is 5.56 Å². The summed E-state index contributed by atoms with van der Waals surface area (Å²) >= 11 is 1.47. The van der Waals surface area contributed by atoms with Gasteiger partial charge < -0.3 is 5.11 Å². The van der Waals surface area contributed by atoms with E-state index in [9.17, 15) is 14.7 Å². The number of fused-ring (bicyclic) bond motifs is 1. The first-order valence-electron chi connectivity index (χ1n) is 8.05. The number of hydrogen-bond donors (Lipinski definition) is 1. The van der Waals surface area contributed by atoms with Crippen molar-refractivity contribution in [3.63, 3.8) is 0 Å². The van der Waals surface area contributed by atoms with Gasteiger partial charge in [-0.15, -0.1) is 11.3 Å². The second-order valence-corrected chi connectivity index (χ2v) is 7.56. The van der Waals surface area contributed by atoms with Gasteiger partial charge in [0.05, 0.1) is 5.39 Å². The molecule has 0 amide bonds. The zero-order valence-electron chi connectivity index (χ0n) is 14.9. The van der Waals surface area contributed by atoms with Crippen molar-refractivity contribution < 1.29 is 9.90 Å². The Bertz CT molecular complexity index is 1060. The van der Waals surface area contributed by atoms with Crippen molar-refractivity contribution in [3.05, 3.63) is 50.4 Å². The number of benzene rings is 1. The van der Waals surface area contributed by atoms with Crippen LogP contribution in [0.1, 0.15) is 34.8 Å². The van der Waals surface area contributed by atoms with Gasteiger partial charge in [-0.05, 0) is 51.3 Å². The maximum Gasteiger partial charge on any atom is 0.326 e. The largest absolute Gasteiger partial charge is 0.480 e. The Morgan fingerprint density at radius 2 is 1.88 bits per heavy atom. The minimum Gasteiger partial charge on any atom is -0.480 e. The fourth-order valence-electron chi connectivity index (χ4n) is 3.09. The minimum atomic E-state index is -1.05. The van der Waals surface area contributed by atoms with E-state index in [1.807, 2.05) is 32.9 Å². The van der Waals surface area contributed by atoms with Crippen molar-refractivity contribution in [3.8, 4) is 11.1 Å². The van der Waals surface area contributed by atoms with Crippen LogP contribution in [0.5, 0.6) is 0 Å². The van der Waals surface area contributed by atoms with E-state index < -0.39 is 12.0 Å². The summed E-state index contributed by atoms with van der Waals surface area (Å²) in [7, 11) is 0. The number of carbonyl (C=O) groups is 1. The van der Waals surface area contributed by atoms with Crippen molar-refractivity contribution in [2.24, 2.45) is 0 Å². The molecule has 0 saturated heterocycles. The quantitative estimate of drug-likeness (QED) is 0.770. The first-order chi connectivity index (χ1) is 11.7. The molecule has 25 heavy (non-hydrogen) atoms. The van der Waals surface area contributed by atoms with Gasteiger partial charge in [0.15, 0.2) is 0 Å². The number of aryl methyl sites for hydroxylation is 4. The fraction of sp³-hybridized carbons (Fsp3) is 0.316. The van der Waals surface area contributed by atoms with E-state index in [1.165, 1.54) is 28.4 Å². The molecule has 0 aliphatic heterocycles. The van der Waals surface area contributed by atoms with E-state index in [4.69, 9.17) is 0 Å². The SMILES string of the molecule is Cc1ccc(-c2c(C)sc3nc(C)n(C(C)C(=O)O)c(=O)c23)cc1C. The predicted molar refractivity (Wildman–Crippen MR) is 101 cm³/mol. The molecule has 0 fully saturated rings. The number of carboxylic acids is 1. The summed E-state index contributed by atoms with van der Waals surface area (Å²) in [6.45, 7) is 9.22. The van der Waals surface area contributed by atoms with Gasteiger partial charge in [0.25, 0.3) is 5.56 Å². The lowest BCUT2D eigenvalue weighted by molar-refractivity contribution is -0.140. The van der Waals surface area contributed by atoms with Crippen LogP contribution >= 0.6 is 11.3 Å². The lowest BCUT2D eigenvalue weighted by Crippen LogP contribution is -2.30. The van der Waals surface area contributed by atoms with Crippen molar-refractivity contribution in [1.82, 2.24) is 9.55 Å². The Morgan fingerprint density at radius 3 is 2.48 bits per heavy atom. The number of hydrogen-bond acceptors (Lipinski definition) is 4. The number of nitrogens with zero attached hydrogens (tertiary/aromatic N) is 2. The number of aliphatic carboxylic acids is 1. The molecule has 6 heteroatoms. The first-order valence-corrected chi connectivity index (χ1v) is 8.86. The zero-order chi connectivity index (χ0) is 18.5. The van der Waals surface area contributed by atoms with Gasteiger partial charge in [-0.2, -0.15) is 0 Å². The van der Waals surface area contributed by atoms with E-state index in [1.54, 1.807) is 6.92 Å². The van der Waals surface area contributed by atoms with E-state index in [0.29, 0.717) is 16.0 Å².